The number of nitrogens with zero attached hydrogens (tertiary/aromatic N) is 4. The summed E-state index contributed by atoms with van der Waals surface area (Å²) in [7, 11) is 4.14. The normalized spacial score (nSPS) is 25.2. The smallest absolute Gasteiger partial charge is 0.250 e. The second kappa shape index (κ2) is 7.01. The topological polar surface area (TPSA) is 53.4 Å². The highest BCUT2D eigenvalue weighted by Crippen LogP contribution is 2.29. The van der Waals surface area contributed by atoms with E-state index >= 15 is 0 Å². The standard InChI is InChI=1S/C17H29N5O/c1-20-11-3-5-15(13-20)14-21(2)16(23)17(6-9-18-10-7-17)22-12-4-8-19-22/h4,8,12,15,18H,3,5-7,9-11,13-14H2,1-2H3. The molecule has 2 fully saturated rings. The molecule has 2 aliphatic heterocycles. The summed E-state index contributed by atoms with van der Waals surface area (Å²) in [6, 6.07) is 1.91. The van der Waals surface area contributed by atoms with Crippen molar-refractivity contribution in [1.29, 1.82) is 0 Å². The molecular weight excluding hydrogens is 290 g/mol. The van der Waals surface area contributed by atoms with Crippen LogP contribution >= 0.6 is 0 Å². The molecule has 3 heterocycles. The number of likely N-dealkylation sites (N-methyl/N-ethyl adjacent to an activating group) is 1. The molecule has 1 N–H and O–H groups in total. The van der Waals surface area contributed by atoms with Crippen molar-refractivity contribution in [2.45, 2.75) is 31.2 Å². The molecule has 1 aromatic heterocycles. The van der Waals surface area contributed by atoms with Crippen LogP contribution in [0.3, 0.4) is 0 Å². The van der Waals surface area contributed by atoms with Crippen LogP contribution < -0.4 is 5.32 Å². The molecule has 1 aromatic rings. The number of amides is 1. The van der Waals surface area contributed by atoms with Gasteiger partial charge >= 0.3 is 0 Å². The number of hydrogen-bond donors (Lipinski definition) is 1. The molecule has 23 heavy (non-hydrogen) atoms. The van der Waals surface area contributed by atoms with Crippen LogP contribution in [-0.4, -0.2) is 72.3 Å². The third-order valence-corrected chi connectivity index (χ3v) is 5.37. The molecule has 0 spiro atoms. The summed E-state index contributed by atoms with van der Waals surface area (Å²) in [5.74, 6) is 0.801. The van der Waals surface area contributed by atoms with Gasteiger partial charge in [-0.3, -0.25) is 9.48 Å². The molecule has 2 aliphatic rings. The summed E-state index contributed by atoms with van der Waals surface area (Å²) in [5.41, 5.74) is -0.510. The van der Waals surface area contributed by atoms with E-state index in [1.165, 1.54) is 19.4 Å². The van der Waals surface area contributed by atoms with Crippen LogP contribution in [0.15, 0.2) is 18.5 Å². The van der Waals surface area contributed by atoms with Crippen molar-refractivity contribution in [1.82, 2.24) is 24.9 Å². The number of hydrogen-bond acceptors (Lipinski definition) is 4. The van der Waals surface area contributed by atoms with E-state index in [1.807, 2.05) is 28.9 Å². The summed E-state index contributed by atoms with van der Waals surface area (Å²) in [5, 5.41) is 7.77. The SMILES string of the molecule is CN1CCCC(CN(C)C(=O)C2(n3cccn3)CCNCC2)C1. The Bertz CT molecular complexity index is 509. The van der Waals surface area contributed by atoms with Gasteiger partial charge in [-0.15, -0.1) is 0 Å². The third kappa shape index (κ3) is 3.43. The Labute approximate surface area is 138 Å². The number of aromatic nitrogens is 2. The number of piperidine rings is 2. The highest BCUT2D eigenvalue weighted by molar-refractivity contribution is 5.84. The van der Waals surface area contributed by atoms with Crippen LogP contribution in [0.5, 0.6) is 0 Å². The lowest BCUT2D eigenvalue weighted by molar-refractivity contribution is -0.142. The maximum absolute atomic E-state index is 13.3. The quantitative estimate of drug-likeness (QED) is 0.890. The minimum Gasteiger partial charge on any atom is -0.343 e. The summed E-state index contributed by atoms with van der Waals surface area (Å²) in [4.78, 5) is 17.6. The molecular formula is C17H29N5O. The van der Waals surface area contributed by atoms with E-state index in [0.29, 0.717) is 5.92 Å². The number of nitrogens with one attached hydrogen (secondary N) is 1. The van der Waals surface area contributed by atoms with Gasteiger partial charge in [-0.05, 0) is 64.3 Å². The predicted octanol–water partition coefficient (Wildman–Crippen LogP) is 0.762. The Kier molecular flexibility index (Phi) is 5.02. The number of carbonyl (C=O) groups excluding carboxylic acids is 1. The van der Waals surface area contributed by atoms with E-state index in [9.17, 15) is 4.79 Å². The van der Waals surface area contributed by atoms with Crippen LogP contribution in [0, 0.1) is 5.92 Å². The molecule has 0 bridgehead atoms. The van der Waals surface area contributed by atoms with Gasteiger partial charge in [0.15, 0.2) is 0 Å². The second-order valence-electron chi connectivity index (χ2n) is 7.19. The monoisotopic (exact) mass is 319 g/mol. The van der Waals surface area contributed by atoms with Gasteiger partial charge in [-0.1, -0.05) is 0 Å². The molecule has 6 nitrogen and oxygen atoms in total. The van der Waals surface area contributed by atoms with Gasteiger partial charge in [0.2, 0.25) is 5.91 Å². The summed E-state index contributed by atoms with van der Waals surface area (Å²) < 4.78 is 1.89. The molecule has 0 radical (unpaired) electrons. The van der Waals surface area contributed by atoms with Crippen LogP contribution in [0.4, 0.5) is 0 Å². The molecule has 1 atom stereocenters. The third-order valence-electron chi connectivity index (χ3n) is 5.37. The molecule has 2 saturated heterocycles. The lowest BCUT2D eigenvalue weighted by Crippen LogP contribution is -2.56. The Morgan fingerprint density at radius 2 is 2.22 bits per heavy atom. The van der Waals surface area contributed by atoms with Crippen molar-refractivity contribution in [3.63, 3.8) is 0 Å². The lowest BCUT2D eigenvalue weighted by atomic mass is 9.86. The molecule has 6 heteroatoms. The highest BCUT2D eigenvalue weighted by Gasteiger charge is 2.43. The number of carbonyl (C=O) groups is 1. The first kappa shape index (κ1) is 16.5. The summed E-state index contributed by atoms with van der Waals surface area (Å²) >= 11 is 0. The molecule has 0 saturated carbocycles. The number of rotatable bonds is 4. The zero-order valence-corrected chi connectivity index (χ0v) is 14.4. The van der Waals surface area contributed by atoms with Crippen LogP contribution in [-0.2, 0) is 10.3 Å². The van der Waals surface area contributed by atoms with E-state index in [2.05, 4.69) is 22.4 Å². The Morgan fingerprint density at radius 3 is 2.87 bits per heavy atom. The summed E-state index contributed by atoms with van der Waals surface area (Å²) in [6.07, 6.45) is 7.78. The fraction of sp³-hybridized carbons (Fsp3) is 0.765. The van der Waals surface area contributed by atoms with E-state index < -0.39 is 5.54 Å². The Morgan fingerprint density at radius 1 is 1.43 bits per heavy atom. The van der Waals surface area contributed by atoms with Crippen molar-refractivity contribution in [3.8, 4) is 0 Å². The van der Waals surface area contributed by atoms with Crippen molar-refractivity contribution in [3.05, 3.63) is 18.5 Å². The first-order chi connectivity index (χ1) is 11.1. The lowest BCUT2D eigenvalue weighted by Gasteiger charge is -2.40. The van der Waals surface area contributed by atoms with Gasteiger partial charge in [0.25, 0.3) is 0 Å². The van der Waals surface area contributed by atoms with Gasteiger partial charge in [0.1, 0.15) is 5.54 Å². The first-order valence-electron chi connectivity index (χ1n) is 8.77. The maximum atomic E-state index is 13.3. The number of likely N-dealkylation sites (tertiary alicyclic amines) is 1. The van der Waals surface area contributed by atoms with Crippen molar-refractivity contribution in [2.24, 2.45) is 5.92 Å². The first-order valence-corrected chi connectivity index (χ1v) is 8.77. The second-order valence-corrected chi connectivity index (χ2v) is 7.19. The summed E-state index contributed by atoms with van der Waals surface area (Å²) in [6.45, 7) is 4.85. The molecule has 3 rings (SSSR count). The maximum Gasteiger partial charge on any atom is 0.250 e. The Balaban J connectivity index is 1.72. The van der Waals surface area contributed by atoms with Gasteiger partial charge < -0.3 is 15.1 Å². The van der Waals surface area contributed by atoms with Crippen LogP contribution in [0.25, 0.3) is 0 Å². The van der Waals surface area contributed by atoms with Gasteiger partial charge in [-0.2, -0.15) is 5.10 Å². The zero-order valence-electron chi connectivity index (χ0n) is 14.4. The van der Waals surface area contributed by atoms with E-state index in [1.54, 1.807) is 6.20 Å². The minimum atomic E-state index is -0.510. The molecule has 0 aliphatic carbocycles. The fourth-order valence-electron chi connectivity index (χ4n) is 4.15. The van der Waals surface area contributed by atoms with E-state index in [-0.39, 0.29) is 5.91 Å². The largest absolute Gasteiger partial charge is 0.343 e. The van der Waals surface area contributed by atoms with Crippen molar-refractivity contribution >= 4 is 5.91 Å². The van der Waals surface area contributed by atoms with Gasteiger partial charge in [0.05, 0.1) is 0 Å². The average molecular weight is 319 g/mol. The van der Waals surface area contributed by atoms with Gasteiger partial charge in [0, 0.05) is 32.5 Å². The predicted molar refractivity (Wildman–Crippen MR) is 90.2 cm³/mol. The van der Waals surface area contributed by atoms with Crippen LogP contribution in [0.1, 0.15) is 25.7 Å². The van der Waals surface area contributed by atoms with Crippen molar-refractivity contribution < 1.29 is 4.79 Å². The molecule has 0 aromatic carbocycles. The fourth-order valence-corrected chi connectivity index (χ4v) is 4.15. The molecule has 128 valence electrons. The average Bonchev–Trinajstić information content (AvgIpc) is 3.10. The van der Waals surface area contributed by atoms with Gasteiger partial charge in [-0.25, -0.2) is 0 Å². The Hall–Kier alpha value is -1.40. The molecule has 1 unspecified atom stereocenters. The minimum absolute atomic E-state index is 0.218. The molecule has 1 amide bonds. The van der Waals surface area contributed by atoms with E-state index in [4.69, 9.17) is 0 Å². The van der Waals surface area contributed by atoms with E-state index in [0.717, 1.165) is 39.0 Å². The van der Waals surface area contributed by atoms with Crippen LogP contribution in [0.2, 0.25) is 0 Å². The van der Waals surface area contributed by atoms with Crippen molar-refractivity contribution in [2.75, 3.05) is 46.8 Å². The zero-order chi connectivity index (χ0) is 16.3. The highest BCUT2D eigenvalue weighted by atomic mass is 16.2.